The van der Waals surface area contributed by atoms with Gasteiger partial charge in [-0.15, -0.1) is 0 Å². The number of nitrogens with zero attached hydrogens (tertiary/aromatic N) is 4. The Morgan fingerprint density at radius 1 is 1.08 bits per heavy atom. The number of carbonyl (C=O) groups excluding carboxylic acids is 2. The smallest absolute Gasteiger partial charge is 0.410 e. The number of para-hydroxylation sites is 2. The maximum absolute atomic E-state index is 12.5. The molecule has 26 heavy (non-hydrogen) atoms. The third kappa shape index (κ3) is 4.33. The number of aromatic nitrogens is 2. The standard InChI is InChI=1S/C19H26N4O3/c1-19(2,3)26-18(25)22-12-10-21(11-13-22)17(24)8-9-23-14-20-15-6-4-5-7-16(15)23/h4-7,14H,8-13H2,1-3H3. The number of imidazole rings is 1. The number of piperazine rings is 1. The molecule has 1 aromatic carbocycles. The van der Waals surface area contributed by atoms with Crippen molar-refractivity contribution < 1.29 is 14.3 Å². The molecule has 1 aromatic heterocycles. The molecule has 140 valence electrons. The molecule has 0 saturated carbocycles. The van der Waals surface area contributed by atoms with Gasteiger partial charge in [0.25, 0.3) is 0 Å². The van der Waals surface area contributed by atoms with Gasteiger partial charge in [0.15, 0.2) is 0 Å². The van der Waals surface area contributed by atoms with Crippen LogP contribution in [-0.4, -0.2) is 63.1 Å². The highest BCUT2D eigenvalue weighted by Crippen LogP contribution is 2.14. The first kappa shape index (κ1) is 18.2. The fraction of sp³-hybridized carbons (Fsp3) is 0.526. The van der Waals surface area contributed by atoms with Crippen molar-refractivity contribution in [2.75, 3.05) is 26.2 Å². The zero-order valence-electron chi connectivity index (χ0n) is 15.6. The summed E-state index contributed by atoms with van der Waals surface area (Å²) >= 11 is 0. The fourth-order valence-corrected chi connectivity index (χ4v) is 3.03. The van der Waals surface area contributed by atoms with Gasteiger partial charge in [-0.2, -0.15) is 0 Å². The van der Waals surface area contributed by atoms with Crippen molar-refractivity contribution in [1.29, 1.82) is 0 Å². The lowest BCUT2D eigenvalue weighted by Crippen LogP contribution is -2.51. The molecule has 0 unspecified atom stereocenters. The molecule has 2 aromatic rings. The Bertz CT molecular complexity index is 785. The minimum absolute atomic E-state index is 0.103. The van der Waals surface area contributed by atoms with Crippen molar-refractivity contribution in [3.63, 3.8) is 0 Å². The summed E-state index contributed by atoms with van der Waals surface area (Å²) < 4.78 is 7.39. The lowest BCUT2D eigenvalue weighted by molar-refractivity contribution is -0.133. The Kier molecular flexibility index (Phi) is 5.15. The third-order valence-corrected chi connectivity index (χ3v) is 4.38. The minimum Gasteiger partial charge on any atom is -0.444 e. The lowest BCUT2D eigenvalue weighted by atomic mass is 10.2. The van der Waals surface area contributed by atoms with Crippen LogP contribution in [0.4, 0.5) is 4.79 Å². The van der Waals surface area contributed by atoms with Crippen LogP contribution in [0.3, 0.4) is 0 Å². The number of ether oxygens (including phenoxy) is 1. The summed E-state index contributed by atoms with van der Waals surface area (Å²) in [6.07, 6.45) is 1.89. The van der Waals surface area contributed by atoms with Crippen molar-refractivity contribution in [3.8, 4) is 0 Å². The van der Waals surface area contributed by atoms with Crippen LogP contribution in [-0.2, 0) is 16.1 Å². The van der Waals surface area contributed by atoms with Gasteiger partial charge in [-0.3, -0.25) is 4.79 Å². The summed E-state index contributed by atoms with van der Waals surface area (Å²) in [4.78, 5) is 32.4. The molecule has 3 rings (SSSR count). The summed E-state index contributed by atoms with van der Waals surface area (Å²) in [6.45, 7) is 8.26. The normalized spacial score (nSPS) is 15.3. The number of carbonyl (C=O) groups is 2. The van der Waals surface area contributed by atoms with E-state index in [4.69, 9.17) is 4.74 Å². The van der Waals surface area contributed by atoms with Gasteiger partial charge in [0.05, 0.1) is 17.4 Å². The average molecular weight is 358 g/mol. The molecule has 7 heteroatoms. The van der Waals surface area contributed by atoms with E-state index in [2.05, 4.69) is 4.98 Å². The first-order chi connectivity index (χ1) is 12.3. The maximum Gasteiger partial charge on any atom is 0.410 e. The van der Waals surface area contributed by atoms with Crippen LogP contribution in [0.1, 0.15) is 27.2 Å². The van der Waals surface area contributed by atoms with Crippen LogP contribution in [0.2, 0.25) is 0 Å². The van der Waals surface area contributed by atoms with Crippen LogP contribution >= 0.6 is 0 Å². The molecule has 0 atom stereocenters. The monoisotopic (exact) mass is 358 g/mol. The van der Waals surface area contributed by atoms with Gasteiger partial charge in [0.2, 0.25) is 5.91 Å². The minimum atomic E-state index is -0.502. The van der Waals surface area contributed by atoms with E-state index < -0.39 is 5.60 Å². The predicted octanol–water partition coefficient (Wildman–Crippen LogP) is 2.51. The van der Waals surface area contributed by atoms with E-state index in [9.17, 15) is 9.59 Å². The Labute approximate surface area is 153 Å². The summed E-state index contributed by atoms with van der Waals surface area (Å²) in [6, 6.07) is 7.89. The third-order valence-electron chi connectivity index (χ3n) is 4.38. The van der Waals surface area contributed by atoms with E-state index in [0.717, 1.165) is 11.0 Å². The van der Waals surface area contributed by atoms with Gasteiger partial charge < -0.3 is 19.1 Å². The van der Waals surface area contributed by atoms with E-state index in [1.54, 1.807) is 11.2 Å². The molecule has 0 bridgehead atoms. The van der Waals surface area contributed by atoms with Crippen molar-refractivity contribution in [1.82, 2.24) is 19.4 Å². The number of amides is 2. The zero-order chi connectivity index (χ0) is 18.7. The van der Waals surface area contributed by atoms with Crippen molar-refractivity contribution in [3.05, 3.63) is 30.6 Å². The molecule has 0 spiro atoms. The van der Waals surface area contributed by atoms with Gasteiger partial charge in [-0.05, 0) is 32.9 Å². The summed E-state index contributed by atoms with van der Waals surface area (Å²) in [7, 11) is 0. The average Bonchev–Trinajstić information content (AvgIpc) is 3.01. The number of fused-ring (bicyclic) bond motifs is 1. The molecule has 0 aliphatic carbocycles. The SMILES string of the molecule is CC(C)(C)OC(=O)N1CCN(C(=O)CCn2cnc3ccccc32)CC1. The Morgan fingerprint density at radius 3 is 2.42 bits per heavy atom. The van der Waals surface area contributed by atoms with Gasteiger partial charge in [-0.25, -0.2) is 9.78 Å². The first-order valence-electron chi connectivity index (χ1n) is 8.99. The molecule has 1 fully saturated rings. The Hall–Kier alpha value is -2.57. The largest absolute Gasteiger partial charge is 0.444 e. The second-order valence-corrected chi connectivity index (χ2v) is 7.52. The number of benzene rings is 1. The lowest BCUT2D eigenvalue weighted by Gasteiger charge is -2.35. The fourth-order valence-electron chi connectivity index (χ4n) is 3.03. The number of aryl methyl sites for hydroxylation is 1. The van der Waals surface area contributed by atoms with Gasteiger partial charge in [-0.1, -0.05) is 12.1 Å². The van der Waals surface area contributed by atoms with Crippen molar-refractivity contribution >= 4 is 23.0 Å². The van der Waals surface area contributed by atoms with Gasteiger partial charge in [0.1, 0.15) is 5.60 Å². The number of hydrogen-bond donors (Lipinski definition) is 0. The van der Waals surface area contributed by atoms with Crippen LogP contribution < -0.4 is 0 Å². The Balaban J connectivity index is 1.49. The molecule has 2 heterocycles. The van der Waals surface area contributed by atoms with Crippen LogP contribution in [0.5, 0.6) is 0 Å². The van der Waals surface area contributed by atoms with E-state index in [0.29, 0.717) is 39.1 Å². The molecule has 7 nitrogen and oxygen atoms in total. The molecule has 1 aliphatic heterocycles. The van der Waals surface area contributed by atoms with E-state index in [1.807, 2.05) is 54.5 Å². The summed E-state index contributed by atoms with van der Waals surface area (Å²) in [5.74, 6) is 0.103. The van der Waals surface area contributed by atoms with Gasteiger partial charge in [0, 0.05) is 39.1 Å². The summed E-state index contributed by atoms with van der Waals surface area (Å²) in [5, 5.41) is 0. The topological polar surface area (TPSA) is 67.7 Å². The quantitative estimate of drug-likeness (QED) is 0.845. The molecule has 1 aliphatic rings. The van der Waals surface area contributed by atoms with Gasteiger partial charge >= 0.3 is 6.09 Å². The van der Waals surface area contributed by atoms with Crippen molar-refractivity contribution in [2.24, 2.45) is 0 Å². The van der Waals surface area contributed by atoms with Crippen LogP contribution in [0.25, 0.3) is 11.0 Å². The highest BCUT2D eigenvalue weighted by atomic mass is 16.6. The highest BCUT2D eigenvalue weighted by molar-refractivity contribution is 5.78. The highest BCUT2D eigenvalue weighted by Gasteiger charge is 2.27. The molecule has 2 amide bonds. The molecule has 0 N–H and O–H groups in total. The van der Waals surface area contributed by atoms with Crippen LogP contribution in [0, 0.1) is 0 Å². The number of hydrogen-bond acceptors (Lipinski definition) is 4. The zero-order valence-corrected chi connectivity index (χ0v) is 15.6. The first-order valence-corrected chi connectivity index (χ1v) is 8.99. The predicted molar refractivity (Wildman–Crippen MR) is 98.7 cm³/mol. The second kappa shape index (κ2) is 7.35. The maximum atomic E-state index is 12.5. The van der Waals surface area contributed by atoms with Crippen LogP contribution in [0.15, 0.2) is 30.6 Å². The number of rotatable bonds is 3. The summed E-state index contributed by atoms with van der Waals surface area (Å²) in [5.41, 5.74) is 1.47. The molecule has 1 saturated heterocycles. The second-order valence-electron chi connectivity index (χ2n) is 7.52. The van der Waals surface area contributed by atoms with E-state index >= 15 is 0 Å². The van der Waals surface area contributed by atoms with E-state index in [-0.39, 0.29) is 12.0 Å². The van der Waals surface area contributed by atoms with Crippen molar-refractivity contribution in [2.45, 2.75) is 39.3 Å². The molecule has 0 radical (unpaired) electrons. The Morgan fingerprint density at radius 2 is 1.73 bits per heavy atom. The van der Waals surface area contributed by atoms with E-state index in [1.165, 1.54) is 0 Å². The molecular formula is C19H26N4O3. The molecular weight excluding hydrogens is 332 g/mol.